The minimum Gasteiger partial charge on any atom is -0.378 e. The van der Waals surface area contributed by atoms with E-state index in [1.807, 2.05) is 0 Å². The Morgan fingerprint density at radius 1 is 1.05 bits per heavy atom. The van der Waals surface area contributed by atoms with E-state index >= 15 is 0 Å². The third-order valence-electron chi connectivity index (χ3n) is 6.85. The van der Waals surface area contributed by atoms with Crippen molar-refractivity contribution >= 4 is 0 Å². The fourth-order valence-corrected chi connectivity index (χ4v) is 5.61. The van der Waals surface area contributed by atoms with Gasteiger partial charge in [-0.15, -0.1) is 0 Å². The molecular formula is C19H35NO. The van der Waals surface area contributed by atoms with Crippen molar-refractivity contribution < 1.29 is 4.74 Å². The van der Waals surface area contributed by atoms with E-state index in [0.29, 0.717) is 23.0 Å². The summed E-state index contributed by atoms with van der Waals surface area (Å²) < 4.78 is 6.05. The molecule has 0 saturated heterocycles. The molecule has 1 N–H and O–H groups in total. The molecule has 122 valence electrons. The predicted octanol–water partition coefficient (Wildman–Crippen LogP) is 4.53. The van der Waals surface area contributed by atoms with Crippen LogP contribution >= 0.6 is 0 Å². The first kappa shape index (κ1) is 15.8. The monoisotopic (exact) mass is 293 g/mol. The molecule has 21 heavy (non-hydrogen) atoms. The molecule has 3 rings (SSSR count). The van der Waals surface area contributed by atoms with Gasteiger partial charge in [0.2, 0.25) is 0 Å². The first-order valence-electron chi connectivity index (χ1n) is 9.37. The van der Waals surface area contributed by atoms with E-state index in [-0.39, 0.29) is 0 Å². The molecule has 2 bridgehead atoms. The number of ether oxygens (including phenoxy) is 1. The van der Waals surface area contributed by atoms with Gasteiger partial charge in [0.05, 0.1) is 6.10 Å². The maximum atomic E-state index is 6.05. The highest BCUT2D eigenvalue weighted by atomic mass is 16.5. The van der Waals surface area contributed by atoms with E-state index in [0.717, 1.165) is 19.1 Å². The van der Waals surface area contributed by atoms with Crippen LogP contribution in [0.5, 0.6) is 0 Å². The molecule has 0 aliphatic heterocycles. The summed E-state index contributed by atoms with van der Waals surface area (Å²) in [4.78, 5) is 0. The SMILES string of the molecule is CC12CCC(C1)C(C)(C)C2NCCCOC1CCCCC1. The molecule has 0 radical (unpaired) electrons. The Labute approximate surface area is 131 Å². The topological polar surface area (TPSA) is 21.3 Å². The summed E-state index contributed by atoms with van der Waals surface area (Å²) in [5.74, 6) is 0.943. The Kier molecular flexibility index (Phi) is 4.66. The molecule has 3 aliphatic rings. The van der Waals surface area contributed by atoms with Crippen LogP contribution in [-0.2, 0) is 4.74 Å². The van der Waals surface area contributed by atoms with E-state index in [1.54, 1.807) is 0 Å². The summed E-state index contributed by atoms with van der Waals surface area (Å²) in [5.41, 5.74) is 1.04. The van der Waals surface area contributed by atoms with Crippen LogP contribution in [0.25, 0.3) is 0 Å². The van der Waals surface area contributed by atoms with Gasteiger partial charge in [0.15, 0.2) is 0 Å². The molecule has 3 fully saturated rings. The van der Waals surface area contributed by atoms with E-state index in [2.05, 4.69) is 26.1 Å². The summed E-state index contributed by atoms with van der Waals surface area (Å²) >= 11 is 0. The van der Waals surface area contributed by atoms with E-state index in [9.17, 15) is 0 Å². The summed E-state index contributed by atoms with van der Waals surface area (Å²) in [6, 6.07) is 0.707. The molecule has 0 spiro atoms. The molecule has 3 unspecified atom stereocenters. The van der Waals surface area contributed by atoms with Gasteiger partial charge in [0, 0.05) is 12.6 Å². The van der Waals surface area contributed by atoms with E-state index < -0.39 is 0 Å². The first-order valence-corrected chi connectivity index (χ1v) is 9.37. The van der Waals surface area contributed by atoms with Crippen molar-refractivity contribution in [3.8, 4) is 0 Å². The average Bonchev–Trinajstić information content (AvgIpc) is 2.94. The highest BCUT2D eigenvalue weighted by Gasteiger charge is 2.58. The van der Waals surface area contributed by atoms with Gasteiger partial charge < -0.3 is 10.1 Å². The molecule has 2 nitrogen and oxygen atoms in total. The van der Waals surface area contributed by atoms with Crippen LogP contribution in [0.3, 0.4) is 0 Å². The number of hydrogen-bond acceptors (Lipinski definition) is 2. The van der Waals surface area contributed by atoms with Crippen LogP contribution < -0.4 is 5.32 Å². The predicted molar refractivity (Wildman–Crippen MR) is 88.5 cm³/mol. The third-order valence-corrected chi connectivity index (χ3v) is 6.85. The molecular weight excluding hydrogens is 258 g/mol. The Morgan fingerprint density at radius 3 is 2.48 bits per heavy atom. The lowest BCUT2D eigenvalue weighted by Gasteiger charge is -2.43. The Bertz CT molecular complexity index is 343. The zero-order chi connectivity index (χ0) is 14.9. The Balaban J connectivity index is 1.37. The van der Waals surface area contributed by atoms with E-state index in [4.69, 9.17) is 4.74 Å². The largest absolute Gasteiger partial charge is 0.378 e. The van der Waals surface area contributed by atoms with Crippen molar-refractivity contribution in [2.24, 2.45) is 16.7 Å². The van der Waals surface area contributed by atoms with Crippen molar-refractivity contribution in [2.75, 3.05) is 13.2 Å². The Hall–Kier alpha value is -0.0800. The number of nitrogens with one attached hydrogen (secondary N) is 1. The fourth-order valence-electron chi connectivity index (χ4n) is 5.61. The zero-order valence-corrected chi connectivity index (χ0v) is 14.4. The second-order valence-electron chi connectivity index (χ2n) is 8.79. The van der Waals surface area contributed by atoms with Crippen molar-refractivity contribution in [3.63, 3.8) is 0 Å². The fraction of sp³-hybridized carbons (Fsp3) is 1.00. The molecule has 0 amide bonds. The van der Waals surface area contributed by atoms with Crippen LogP contribution in [0.1, 0.15) is 78.6 Å². The van der Waals surface area contributed by atoms with Crippen molar-refractivity contribution in [1.29, 1.82) is 0 Å². The van der Waals surface area contributed by atoms with Crippen LogP contribution in [0.2, 0.25) is 0 Å². The lowest BCUT2D eigenvalue weighted by molar-refractivity contribution is 0.0252. The summed E-state index contributed by atoms with van der Waals surface area (Å²) in [6.07, 6.45) is 12.8. The minimum atomic E-state index is 0.483. The average molecular weight is 293 g/mol. The highest BCUT2D eigenvalue weighted by Crippen LogP contribution is 2.62. The Morgan fingerprint density at radius 2 is 1.81 bits per heavy atom. The minimum absolute atomic E-state index is 0.483. The van der Waals surface area contributed by atoms with Gasteiger partial charge in [0.25, 0.3) is 0 Å². The molecule has 0 aromatic carbocycles. The molecule has 0 aromatic heterocycles. The molecule has 3 aliphatic carbocycles. The van der Waals surface area contributed by atoms with Gasteiger partial charge in [-0.2, -0.15) is 0 Å². The van der Waals surface area contributed by atoms with E-state index in [1.165, 1.54) is 57.8 Å². The van der Waals surface area contributed by atoms with Gasteiger partial charge >= 0.3 is 0 Å². The van der Waals surface area contributed by atoms with Crippen LogP contribution in [0.15, 0.2) is 0 Å². The quantitative estimate of drug-likeness (QED) is 0.726. The maximum Gasteiger partial charge on any atom is 0.0575 e. The third kappa shape index (κ3) is 3.17. The second kappa shape index (κ2) is 6.20. The van der Waals surface area contributed by atoms with Crippen LogP contribution in [-0.4, -0.2) is 25.3 Å². The molecule has 2 heteroatoms. The lowest BCUT2D eigenvalue weighted by atomic mass is 9.68. The second-order valence-corrected chi connectivity index (χ2v) is 8.79. The molecule has 0 aromatic rings. The highest BCUT2D eigenvalue weighted by molar-refractivity contribution is 5.11. The van der Waals surface area contributed by atoms with Gasteiger partial charge in [-0.1, -0.05) is 40.0 Å². The van der Waals surface area contributed by atoms with Gasteiger partial charge in [-0.05, 0) is 61.8 Å². The first-order chi connectivity index (χ1) is 10.0. The summed E-state index contributed by atoms with van der Waals surface area (Å²) in [5, 5.41) is 3.90. The molecule has 0 heterocycles. The summed E-state index contributed by atoms with van der Waals surface area (Å²) in [7, 11) is 0. The van der Waals surface area contributed by atoms with Crippen LogP contribution in [0, 0.1) is 16.7 Å². The lowest BCUT2D eigenvalue weighted by Crippen LogP contribution is -2.50. The van der Waals surface area contributed by atoms with Crippen molar-refractivity contribution in [3.05, 3.63) is 0 Å². The van der Waals surface area contributed by atoms with Gasteiger partial charge in [-0.3, -0.25) is 0 Å². The molecule has 3 atom stereocenters. The number of fused-ring (bicyclic) bond motifs is 2. The van der Waals surface area contributed by atoms with Gasteiger partial charge in [-0.25, -0.2) is 0 Å². The van der Waals surface area contributed by atoms with Crippen molar-refractivity contribution in [1.82, 2.24) is 5.32 Å². The standard InChI is InChI=1S/C19H35NO/c1-18(2)15-10-11-19(3,14-15)17(18)20-12-7-13-21-16-8-5-4-6-9-16/h15-17,20H,4-14H2,1-3H3. The van der Waals surface area contributed by atoms with Crippen LogP contribution in [0.4, 0.5) is 0 Å². The van der Waals surface area contributed by atoms with Gasteiger partial charge in [0.1, 0.15) is 0 Å². The summed E-state index contributed by atoms with van der Waals surface area (Å²) in [6.45, 7) is 9.56. The maximum absolute atomic E-state index is 6.05. The smallest absolute Gasteiger partial charge is 0.0575 e. The normalized spacial score (nSPS) is 39.0. The number of hydrogen-bond donors (Lipinski definition) is 1. The number of rotatable bonds is 6. The zero-order valence-electron chi connectivity index (χ0n) is 14.4. The molecule has 3 saturated carbocycles. The van der Waals surface area contributed by atoms with Crippen molar-refractivity contribution in [2.45, 2.75) is 90.7 Å².